The molecule has 0 aromatic carbocycles. The molecule has 0 aliphatic carbocycles. The molecule has 0 radical (unpaired) electrons. The monoisotopic (exact) mass is 794 g/mol. The van der Waals surface area contributed by atoms with Crippen LogP contribution in [0.2, 0.25) is 0 Å². The molecule has 0 amide bonds. The van der Waals surface area contributed by atoms with Gasteiger partial charge in [0.05, 0.1) is 34.4 Å². The summed E-state index contributed by atoms with van der Waals surface area (Å²) in [6.07, 6.45) is 48.2. The minimum Gasteiger partial charge on any atom is -0.756 e. The summed E-state index contributed by atoms with van der Waals surface area (Å²) >= 11 is 0. The fraction of sp³-hybridized carbons (Fsp3) is 0.761. The fourth-order valence-electron chi connectivity index (χ4n) is 5.66. The molecule has 55 heavy (non-hydrogen) atoms. The zero-order chi connectivity index (χ0) is 40.6. The second-order valence-corrected chi connectivity index (χ2v) is 17.1. The lowest BCUT2D eigenvalue weighted by molar-refractivity contribution is -0.870. The average molecular weight is 794 g/mol. The highest BCUT2D eigenvalue weighted by Gasteiger charge is 2.20. The number of likely N-dealkylation sites (N-methyl/N-ethyl adjacent to an activating group) is 1. The van der Waals surface area contributed by atoms with Gasteiger partial charge in [0.1, 0.15) is 19.3 Å². The molecule has 0 N–H and O–H groups in total. The second-order valence-electron chi connectivity index (χ2n) is 15.7. The minimum absolute atomic E-state index is 0.0134. The third-order valence-electron chi connectivity index (χ3n) is 9.05. The van der Waals surface area contributed by atoms with E-state index in [1.807, 2.05) is 21.1 Å². The zero-order valence-electron chi connectivity index (χ0n) is 36.1. The molecule has 0 spiro atoms. The van der Waals surface area contributed by atoms with Gasteiger partial charge in [0.15, 0.2) is 0 Å². The van der Waals surface area contributed by atoms with Crippen LogP contribution in [0.1, 0.15) is 168 Å². The molecule has 0 aliphatic heterocycles. The van der Waals surface area contributed by atoms with Crippen molar-refractivity contribution in [3.05, 3.63) is 60.8 Å². The van der Waals surface area contributed by atoms with Crippen molar-refractivity contribution in [3.63, 3.8) is 0 Å². The molecule has 0 rings (SSSR count). The number of quaternary nitrogens is 1. The number of hydrogen-bond donors (Lipinski definition) is 0. The summed E-state index contributed by atoms with van der Waals surface area (Å²) in [6, 6.07) is 0. The molecule has 0 fully saturated rings. The maximum atomic E-state index is 12.7. The number of hydrogen-bond acceptors (Lipinski definition) is 7. The number of carbonyl (C=O) groups is 1. The predicted octanol–water partition coefficient (Wildman–Crippen LogP) is 12.3. The van der Waals surface area contributed by atoms with Crippen LogP contribution in [0, 0.1) is 0 Å². The van der Waals surface area contributed by atoms with Crippen LogP contribution in [0.15, 0.2) is 60.8 Å². The van der Waals surface area contributed by atoms with E-state index in [0.29, 0.717) is 24.1 Å². The van der Waals surface area contributed by atoms with Crippen LogP contribution in [-0.2, 0) is 27.9 Å². The van der Waals surface area contributed by atoms with Crippen LogP contribution in [0.5, 0.6) is 0 Å². The summed E-state index contributed by atoms with van der Waals surface area (Å²) in [5, 5.41) is 0. The standard InChI is InChI=1S/C46H84NO7P/c1-6-8-10-12-14-16-18-20-22-23-24-25-26-27-29-31-33-35-37-39-46(48)54-45(44-53-55(49,50)52-42-40-47(3,4)5)43-51-41-38-36-34-32-30-28-21-19-17-15-13-11-9-7-2/h9,11,15,17,20-22,28,32,34,45H,6-8,10,12-14,16,18-19,23-27,29-31,33,35-44H2,1-5H3/b11-9-,17-15-,22-20-,28-21-,34-32-. The SMILES string of the molecule is CC/C=C\C/C=C\C/C=C\C/C=C\CCCOCC(COP(=O)([O-])OCC[N+](C)(C)C)OC(=O)CCCCCCCCCCC/C=C\CCCCCCCC. The molecule has 9 heteroatoms. The van der Waals surface area contributed by atoms with Crippen LogP contribution in [-0.4, -0.2) is 70.7 Å². The van der Waals surface area contributed by atoms with E-state index in [1.165, 1.54) is 89.9 Å². The third-order valence-corrected chi connectivity index (χ3v) is 10.0. The molecular weight excluding hydrogens is 709 g/mol. The predicted molar refractivity (Wildman–Crippen MR) is 231 cm³/mol. The Balaban J connectivity index is 4.29. The molecule has 2 atom stereocenters. The summed E-state index contributed by atoms with van der Waals surface area (Å²) in [5.74, 6) is -0.357. The van der Waals surface area contributed by atoms with Gasteiger partial charge in [-0.05, 0) is 70.6 Å². The molecule has 0 aliphatic rings. The van der Waals surface area contributed by atoms with Gasteiger partial charge in [-0.15, -0.1) is 0 Å². The molecule has 0 saturated heterocycles. The van der Waals surface area contributed by atoms with Crippen molar-refractivity contribution in [2.45, 2.75) is 174 Å². The van der Waals surface area contributed by atoms with E-state index in [4.69, 9.17) is 18.5 Å². The van der Waals surface area contributed by atoms with Crippen molar-refractivity contribution >= 4 is 13.8 Å². The van der Waals surface area contributed by atoms with Crippen molar-refractivity contribution in [1.82, 2.24) is 0 Å². The lowest BCUT2D eigenvalue weighted by Gasteiger charge is -2.28. The Morgan fingerprint density at radius 1 is 0.582 bits per heavy atom. The normalized spacial score (nSPS) is 14.4. The molecule has 0 heterocycles. The largest absolute Gasteiger partial charge is 0.756 e. The summed E-state index contributed by atoms with van der Waals surface area (Å²) in [4.78, 5) is 25.0. The first kappa shape index (κ1) is 53.2. The Morgan fingerprint density at radius 2 is 1.05 bits per heavy atom. The summed E-state index contributed by atoms with van der Waals surface area (Å²) in [7, 11) is 1.31. The summed E-state index contributed by atoms with van der Waals surface area (Å²) < 4.78 is 34.5. The van der Waals surface area contributed by atoms with Crippen LogP contribution in [0.3, 0.4) is 0 Å². The van der Waals surface area contributed by atoms with Crippen molar-refractivity contribution in [2.24, 2.45) is 0 Å². The van der Waals surface area contributed by atoms with E-state index in [9.17, 15) is 14.3 Å². The Morgan fingerprint density at radius 3 is 1.60 bits per heavy atom. The summed E-state index contributed by atoms with van der Waals surface area (Å²) in [5.41, 5.74) is 0. The highest BCUT2D eigenvalue weighted by molar-refractivity contribution is 7.45. The first-order valence-corrected chi connectivity index (χ1v) is 23.5. The van der Waals surface area contributed by atoms with Crippen LogP contribution in [0.25, 0.3) is 0 Å². The van der Waals surface area contributed by atoms with Crippen LogP contribution < -0.4 is 4.89 Å². The number of nitrogens with zero attached hydrogens (tertiary/aromatic N) is 1. The Kier molecular flexibility index (Phi) is 37.8. The highest BCUT2D eigenvalue weighted by Crippen LogP contribution is 2.38. The van der Waals surface area contributed by atoms with Crippen LogP contribution in [0.4, 0.5) is 0 Å². The lowest BCUT2D eigenvalue weighted by atomic mass is 10.1. The van der Waals surface area contributed by atoms with Gasteiger partial charge in [-0.2, -0.15) is 0 Å². The maximum absolute atomic E-state index is 12.7. The van der Waals surface area contributed by atoms with E-state index < -0.39 is 13.9 Å². The molecule has 0 aromatic rings. The van der Waals surface area contributed by atoms with E-state index >= 15 is 0 Å². The Bertz CT molecular complexity index is 1060. The zero-order valence-corrected chi connectivity index (χ0v) is 37.0. The molecule has 0 aromatic heterocycles. The number of phosphoric ester groups is 1. The number of esters is 1. The van der Waals surface area contributed by atoms with Gasteiger partial charge in [0.2, 0.25) is 0 Å². The number of ether oxygens (including phenoxy) is 2. The van der Waals surface area contributed by atoms with E-state index in [2.05, 4.69) is 74.6 Å². The maximum Gasteiger partial charge on any atom is 0.306 e. The topological polar surface area (TPSA) is 94.1 Å². The van der Waals surface area contributed by atoms with Crippen LogP contribution >= 0.6 is 7.82 Å². The van der Waals surface area contributed by atoms with Gasteiger partial charge >= 0.3 is 5.97 Å². The molecule has 2 unspecified atom stereocenters. The number of allylic oxidation sites excluding steroid dienone is 10. The van der Waals surface area contributed by atoms with Crippen molar-refractivity contribution < 1.29 is 37.3 Å². The molecule has 0 saturated carbocycles. The molecular formula is C46H84NO7P. The lowest BCUT2D eigenvalue weighted by Crippen LogP contribution is -2.37. The Labute approximate surface area is 339 Å². The second kappa shape index (κ2) is 39.0. The van der Waals surface area contributed by atoms with Gasteiger partial charge in [0, 0.05) is 13.0 Å². The number of carbonyl (C=O) groups excluding carboxylic acids is 1. The fourth-order valence-corrected chi connectivity index (χ4v) is 6.39. The van der Waals surface area contributed by atoms with Gasteiger partial charge in [-0.3, -0.25) is 9.36 Å². The first-order valence-electron chi connectivity index (χ1n) is 22.0. The van der Waals surface area contributed by atoms with Gasteiger partial charge in [0.25, 0.3) is 7.82 Å². The number of phosphoric acid groups is 1. The quantitative estimate of drug-likeness (QED) is 0.0200. The van der Waals surface area contributed by atoms with Crippen molar-refractivity contribution in [3.8, 4) is 0 Å². The molecule has 320 valence electrons. The van der Waals surface area contributed by atoms with Crippen molar-refractivity contribution in [2.75, 3.05) is 54.1 Å². The first-order chi connectivity index (χ1) is 26.6. The molecule has 0 bridgehead atoms. The van der Waals surface area contributed by atoms with Gasteiger partial charge < -0.3 is 27.9 Å². The highest BCUT2D eigenvalue weighted by atomic mass is 31.2. The van der Waals surface area contributed by atoms with E-state index in [-0.39, 0.29) is 25.8 Å². The average Bonchev–Trinajstić information content (AvgIpc) is 3.13. The van der Waals surface area contributed by atoms with Crippen molar-refractivity contribution in [1.29, 1.82) is 0 Å². The number of rotatable bonds is 40. The molecule has 8 nitrogen and oxygen atoms in total. The van der Waals surface area contributed by atoms with Gasteiger partial charge in [-0.1, -0.05) is 152 Å². The van der Waals surface area contributed by atoms with Gasteiger partial charge in [-0.25, -0.2) is 0 Å². The minimum atomic E-state index is -4.54. The third kappa shape index (κ3) is 43.2. The van der Waals surface area contributed by atoms with E-state index in [1.54, 1.807) is 0 Å². The van der Waals surface area contributed by atoms with E-state index in [0.717, 1.165) is 57.8 Å². The summed E-state index contributed by atoms with van der Waals surface area (Å²) in [6.45, 7) is 5.13. The Hall–Kier alpha value is -1.80. The smallest absolute Gasteiger partial charge is 0.306 e. The number of unbranched alkanes of at least 4 members (excludes halogenated alkanes) is 16.